The molecule has 0 saturated heterocycles. The average molecular weight is 287 g/mol. The van der Waals surface area contributed by atoms with Crippen molar-refractivity contribution in [1.29, 1.82) is 0 Å². The lowest BCUT2D eigenvalue weighted by molar-refractivity contribution is 0.184. The minimum absolute atomic E-state index is 0.540. The van der Waals surface area contributed by atoms with Crippen LogP contribution in [0.1, 0.15) is 70.4 Å². The van der Waals surface area contributed by atoms with E-state index in [1.165, 1.54) is 56.1 Å². The Balaban J connectivity index is 2.11. The van der Waals surface area contributed by atoms with Crippen molar-refractivity contribution in [2.75, 3.05) is 6.54 Å². The van der Waals surface area contributed by atoms with Crippen LogP contribution in [0.4, 0.5) is 0 Å². The molecule has 1 aliphatic rings. The van der Waals surface area contributed by atoms with Gasteiger partial charge in [-0.15, -0.1) is 0 Å². The molecule has 0 spiro atoms. The van der Waals surface area contributed by atoms with E-state index in [9.17, 15) is 0 Å². The normalized spacial score (nSPS) is 18.8. The van der Waals surface area contributed by atoms with Gasteiger partial charge in [0.05, 0.1) is 0 Å². The molecule has 0 radical (unpaired) electrons. The number of aryl methyl sites for hydroxylation is 1. The van der Waals surface area contributed by atoms with Gasteiger partial charge in [-0.3, -0.25) is 0 Å². The molecular formula is C20H33N. The Morgan fingerprint density at radius 2 is 1.62 bits per heavy atom. The summed E-state index contributed by atoms with van der Waals surface area (Å²) >= 11 is 0. The van der Waals surface area contributed by atoms with E-state index in [4.69, 9.17) is 0 Å². The molecule has 1 nitrogen and oxygen atoms in total. The van der Waals surface area contributed by atoms with E-state index in [1.807, 2.05) is 0 Å². The lowest BCUT2D eigenvalue weighted by Crippen LogP contribution is -2.45. The van der Waals surface area contributed by atoms with Crippen molar-refractivity contribution in [3.63, 3.8) is 0 Å². The van der Waals surface area contributed by atoms with Gasteiger partial charge in [0.2, 0.25) is 0 Å². The van der Waals surface area contributed by atoms with Gasteiger partial charge in [-0.05, 0) is 61.6 Å². The molecule has 1 heteroatoms. The van der Waals surface area contributed by atoms with Crippen LogP contribution in [-0.2, 0) is 12.8 Å². The van der Waals surface area contributed by atoms with E-state index < -0.39 is 0 Å². The first kappa shape index (κ1) is 16.5. The van der Waals surface area contributed by atoms with Crippen LogP contribution in [0.2, 0.25) is 0 Å². The zero-order valence-electron chi connectivity index (χ0n) is 14.3. The molecule has 1 aromatic carbocycles. The van der Waals surface area contributed by atoms with Gasteiger partial charge < -0.3 is 5.32 Å². The molecule has 1 saturated carbocycles. The van der Waals surface area contributed by atoms with Crippen LogP contribution >= 0.6 is 0 Å². The first-order valence-corrected chi connectivity index (χ1v) is 9.05. The van der Waals surface area contributed by atoms with Crippen LogP contribution < -0.4 is 5.32 Å². The Bertz CT molecular complexity index is 400. The first-order chi connectivity index (χ1) is 10.2. The van der Waals surface area contributed by atoms with Crippen LogP contribution in [-0.4, -0.2) is 12.6 Å². The van der Waals surface area contributed by atoms with E-state index in [-0.39, 0.29) is 0 Å². The maximum atomic E-state index is 3.88. The Morgan fingerprint density at radius 1 is 1.00 bits per heavy atom. The molecule has 0 heterocycles. The minimum atomic E-state index is 0.540. The molecular weight excluding hydrogens is 254 g/mol. The van der Waals surface area contributed by atoms with Gasteiger partial charge in [-0.2, -0.15) is 0 Å². The molecule has 1 unspecified atom stereocenters. The maximum absolute atomic E-state index is 3.88. The third kappa shape index (κ3) is 4.10. The molecule has 2 rings (SSSR count). The van der Waals surface area contributed by atoms with Crippen molar-refractivity contribution in [1.82, 2.24) is 5.32 Å². The highest BCUT2D eigenvalue weighted by Gasteiger charge is 2.39. The second-order valence-electron chi connectivity index (χ2n) is 6.80. The van der Waals surface area contributed by atoms with Gasteiger partial charge in [-0.1, -0.05) is 57.9 Å². The van der Waals surface area contributed by atoms with Crippen LogP contribution in [0.3, 0.4) is 0 Å². The molecule has 118 valence electrons. The molecule has 1 N–H and O–H groups in total. The Morgan fingerprint density at radius 3 is 2.14 bits per heavy atom. The van der Waals surface area contributed by atoms with Gasteiger partial charge in [0.15, 0.2) is 0 Å². The van der Waals surface area contributed by atoms with E-state index in [0.717, 1.165) is 13.0 Å². The number of benzene rings is 1. The quantitative estimate of drug-likeness (QED) is 0.699. The highest BCUT2D eigenvalue weighted by atomic mass is 14.9. The number of rotatable bonds is 8. The standard InChI is InChI=1S/C20H33N/c1-4-15-21-19(20(6-3)13-7-8-14-20)16-18-11-9-17(5-2)10-12-18/h9-12,19,21H,4-8,13-16H2,1-3H3. The van der Waals surface area contributed by atoms with Crippen molar-refractivity contribution in [2.24, 2.45) is 5.41 Å². The monoisotopic (exact) mass is 287 g/mol. The van der Waals surface area contributed by atoms with Gasteiger partial charge in [0.25, 0.3) is 0 Å². The summed E-state index contributed by atoms with van der Waals surface area (Å²) < 4.78 is 0. The number of hydrogen-bond donors (Lipinski definition) is 1. The van der Waals surface area contributed by atoms with Crippen LogP contribution in [0, 0.1) is 5.41 Å². The summed E-state index contributed by atoms with van der Waals surface area (Å²) in [6.45, 7) is 8.05. The van der Waals surface area contributed by atoms with E-state index >= 15 is 0 Å². The number of hydrogen-bond acceptors (Lipinski definition) is 1. The third-order valence-electron chi connectivity index (χ3n) is 5.55. The van der Waals surface area contributed by atoms with Crippen molar-refractivity contribution >= 4 is 0 Å². The third-order valence-corrected chi connectivity index (χ3v) is 5.55. The fourth-order valence-corrected chi connectivity index (χ4v) is 4.00. The first-order valence-electron chi connectivity index (χ1n) is 9.05. The number of nitrogens with one attached hydrogen (secondary N) is 1. The summed E-state index contributed by atoms with van der Waals surface area (Å²) in [6, 6.07) is 9.95. The molecule has 1 atom stereocenters. The summed E-state index contributed by atoms with van der Waals surface area (Å²) in [5, 5.41) is 3.88. The summed E-state index contributed by atoms with van der Waals surface area (Å²) in [4.78, 5) is 0. The second kappa shape index (κ2) is 7.98. The maximum Gasteiger partial charge on any atom is 0.0164 e. The molecule has 0 amide bonds. The Hall–Kier alpha value is -0.820. The predicted molar refractivity (Wildman–Crippen MR) is 92.8 cm³/mol. The van der Waals surface area contributed by atoms with Gasteiger partial charge in [-0.25, -0.2) is 0 Å². The summed E-state index contributed by atoms with van der Waals surface area (Å²) in [7, 11) is 0. The smallest absolute Gasteiger partial charge is 0.0164 e. The fourth-order valence-electron chi connectivity index (χ4n) is 4.00. The second-order valence-corrected chi connectivity index (χ2v) is 6.80. The van der Waals surface area contributed by atoms with E-state index in [2.05, 4.69) is 50.4 Å². The molecule has 21 heavy (non-hydrogen) atoms. The van der Waals surface area contributed by atoms with Crippen molar-refractivity contribution in [3.05, 3.63) is 35.4 Å². The molecule has 0 bridgehead atoms. The minimum Gasteiger partial charge on any atom is -0.313 e. The van der Waals surface area contributed by atoms with Crippen molar-refractivity contribution in [3.8, 4) is 0 Å². The summed E-state index contributed by atoms with van der Waals surface area (Å²) in [6.07, 6.45) is 10.6. The summed E-state index contributed by atoms with van der Waals surface area (Å²) in [5.41, 5.74) is 3.49. The molecule has 1 fully saturated rings. The van der Waals surface area contributed by atoms with Gasteiger partial charge in [0.1, 0.15) is 0 Å². The summed E-state index contributed by atoms with van der Waals surface area (Å²) in [5.74, 6) is 0. The molecule has 1 aliphatic carbocycles. The Labute approximate surface area is 131 Å². The predicted octanol–water partition coefficient (Wildman–Crippen LogP) is 5.13. The molecule has 1 aromatic rings. The highest BCUT2D eigenvalue weighted by Crippen LogP contribution is 2.44. The van der Waals surface area contributed by atoms with E-state index in [1.54, 1.807) is 0 Å². The highest BCUT2D eigenvalue weighted by molar-refractivity contribution is 5.23. The van der Waals surface area contributed by atoms with Gasteiger partial charge in [0, 0.05) is 6.04 Å². The lowest BCUT2D eigenvalue weighted by atomic mass is 9.74. The van der Waals surface area contributed by atoms with Crippen molar-refractivity contribution < 1.29 is 0 Å². The Kier molecular flexibility index (Phi) is 6.29. The SMILES string of the molecule is CCCNC(Cc1ccc(CC)cc1)C1(CC)CCCC1. The molecule has 0 aliphatic heterocycles. The topological polar surface area (TPSA) is 12.0 Å². The van der Waals surface area contributed by atoms with Crippen LogP contribution in [0.5, 0.6) is 0 Å². The van der Waals surface area contributed by atoms with Crippen LogP contribution in [0.25, 0.3) is 0 Å². The van der Waals surface area contributed by atoms with Gasteiger partial charge >= 0.3 is 0 Å². The largest absolute Gasteiger partial charge is 0.313 e. The van der Waals surface area contributed by atoms with Crippen LogP contribution in [0.15, 0.2) is 24.3 Å². The zero-order chi connectivity index (χ0) is 15.1. The van der Waals surface area contributed by atoms with Crippen molar-refractivity contribution in [2.45, 2.75) is 78.2 Å². The zero-order valence-corrected chi connectivity index (χ0v) is 14.3. The molecule has 0 aromatic heterocycles. The average Bonchev–Trinajstić information content (AvgIpc) is 3.02. The fraction of sp³-hybridized carbons (Fsp3) is 0.700. The lowest BCUT2D eigenvalue weighted by Gasteiger charge is -2.38. The van der Waals surface area contributed by atoms with E-state index in [0.29, 0.717) is 11.5 Å².